The number of fused-ring (bicyclic) bond motifs is 1. The Morgan fingerprint density at radius 3 is 2.81 bits per heavy atom. The molecule has 1 aliphatic rings. The largest absolute Gasteiger partial charge is 0.368 e. The molecule has 2 aromatic rings. The van der Waals surface area contributed by atoms with Gasteiger partial charge in [-0.05, 0) is 32.1 Å². The van der Waals surface area contributed by atoms with Crippen LogP contribution in [0.1, 0.15) is 71.3 Å². The number of hydrogen-bond acceptors (Lipinski definition) is 7. The maximum atomic E-state index is 11.1. The fourth-order valence-electron chi connectivity index (χ4n) is 3.53. The van der Waals surface area contributed by atoms with Crippen molar-refractivity contribution in [3.05, 3.63) is 0 Å². The number of carbonyl (C=O) groups excluding carboxylic acids is 1. The molecule has 2 aromatic heterocycles. The molecule has 1 aliphatic carbocycles. The number of carbonyl (C=O) groups is 1. The van der Waals surface area contributed by atoms with Crippen molar-refractivity contribution in [3.63, 3.8) is 0 Å². The Balaban J connectivity index is 1.83. The average molecular weight is 391 g/mol. The summed E-state index contributed by atoms with van der Waals surface area (Å²) in [5.41, 5.74) is 1.53. The van der Waals surface area contributed by atoms with E-state index in [0.717, 1.165) is 72.8 Å². The number of hydrogen-bond donors (Lipinski definition) is 1. The number of aldehydes is 1. The molecule has 0 aromatic carbocycles. The predicted molar refractivity (Wildman–Crippen MR) is 109 cm³/mol. The van der Waals surface area contributed by atoms with Gasteiger partial charge in [0.05, 0.1) is 6.04 Å². The van der Waals surface area contributed by atoms with Crippen molar-refractivity contribution in [2.75, 3.05) is 17.6 Å². The fourth-order valence-corrected chi connectivity index (χ4v) is 4.23. The highest BCUT2D eigenvalue weighted by Crippen LogP contribution is 2.35. The second-order valence-corrected chi connectivity index (χ2v) is 8.32. The number of nitrogens with one attached hydrogen (secondary N) is 1. The minimum atomic E-state index is 0.126. The Bertz CT molecular complexity index is 749. The number of unbranched alkanes of at least 4 members (excludes halogenated alkanes) is 3. The molecule has 0 bridgehead atoms. The molecule has 0 aliphatic heterocycles. The Morgan fingerprint density at radius 2 is 2.07 bits per heavy atom. The summed E-state index contributed by atoms with van der Waals surface area (Å²) >= 11 is 1.67. The molecular formula is C19H30N6OS. The lowest BCUT2D eigenvalue weighted by atomic mass is 10.1. The molecule has 1 N–H and O–H groups in total. The molecule has 3 rings (SSSR count). The van der Waals surface area contributed by atoms with Gasteiger partial charge in [-0.2, -0.15) is 0 Å². The van der Waals surface area contributed by atoms with E-state index in [1.165, 1.54) is 19.3 Å². The molecule has 2 atom stereocenters. The quantitative estimate of drug-likeness (QED) is 0.265. The van der Waals surface area contributed by atoms with E-state index in [1.54, 1.807) is 11.8 Å². The lowest BCUT2D eigenvalue weighted by Crippen LogP contribution is -2.10. The Kier molecular flexibility index (Phi) is 7.43. The van der Waals surface area contributed by atoms with Gasteiger partial charge in [0, 0.05) is 18.2 Å². The third-order valence-corrected chi connectivity index (χ3v) is 6.10. The SMILES string of the molecule is CCCCCCNc1nc(SCCC)nc2c1nnn2[C@H]1CC[C@@H](C=O)C1. The van der Waals surface area contributed by atoms with Gasteiger partial charge in [0.25, 0.3) is 0 Å². The van der Waals surface area contributed by atoms with Crippen LogP contribution in [0.4, 0.5) is 5.82 Å². The summed E-state index contributed by atoms with van der Waals surface area (Å²) in [6.07, 6.45) is 9.66. The molecule has 27 heavy (non-hydrogen) atoms. The van der Waals surface area contributed by atoms with Crippen LogP contribution in [0.25, 0.3) is 11.2 Å². The first-order chi connectivity index (χ1) is 13.3. The van der Waals surface area contributed by atoms with Crippen LogP contribution >= 0.6 is 11.8 Å². The monoisotopic (exact) mass is 390 g/mol. The first-order valence-electron chi connectivity index (χ1n) is 10.2. The summed E-state index contributed by atoms with van der Waals surface area (Å²) in [5, 5.41) is 13.0. The van der Waals surface area contributed by atoms with Crippen molar-refractivity contribution in [1.29, 1.82) is 0 Å². The lowest BCUT2D eigenvalue weighted by molar-refractivity contribution is -0.110. The van der Waals surface area contributed by atoms with E-state index in [-0.39, 0.29) is 12.0 Å². The van der Waals surface area contributed by atoms with Crippen LogP contribution in [0.5, 0.6) is 0 Å². The predicted octanol–water partition coefficient (Wildman–Crippen LogP) is 4.26. The van der Waals surface area contributed by atoms with Gasteiger partial charge < -0.3 is 10.1 Å². The highest BCUT2D eigenvalue weighted by atomic mass is 32.2. The molecule has 0 spiro atoms. The van der Waals surface area contributed by atoms with Crippen LogP contribution in [-0.4, -0.2) is 43.5 Å². The van der Waals surface area contributed by atoms with E-state index < -0.39 is 0 Å². The summed E-state index contributed by atoms with van der Waals surface area (Å²) < 4.78 is 1.92. The maximum absolute atomic E-state index is 11.1. The van der Waals surface area contributed by atoms with E-state index in [9.17, 15) is 4.79 Å². The highest BCUT2D eigenvalue weighted by Gasteiger charge is 2.29. The third kappa shape index (κ3) is 4.97. The van der Waals surface area contributed by atoms with E-state index in [4.69, 9.17) is 9.97 Å². The molecule has 0 amide bonds. The third-order valence-electron chi connectivity index (χ3n) is 5.05. The van der Waals surface area contributed by atoms with E-state index in [1.807, 2.05) is 4.68 Å². The molecule has 7 nitrogen and oxygen atoms in total. The average Bonchev–Trinajstić information content (AvgIpc) is 3.32. The Morgan fingerprint density at radius 1 is 1.19 bits per heavy atom. The fraction of sp³-hybridized carbons (Fsp3) is 0.737. The van der Waals surface area contributed by atoms with Crippen LogP contribution in [0, 0.1) is 5.92 Å². The highest BCUT2D eigenvalue weighted by molar-refractivity contribution is 7.99. The number of anilines is 1. The molecule has 1 fully saturated rings. The maximum Gasteiger partial charge on any atom is 0.191 e. The Labute approximate surface area is 165 Å². The summed E-state index contributed by atoms with van der Waals surface area (Å²) in [6, 6.07) is 0.196. The molecule has 8 heteroatoms. The van der Waals surface area contributed by atoms with Gasteiger partial charge in [-0.15, -0.1) is 5.10 Å². The molecule has 0 saturated heterocycles. The van der Waals surface area contributed by atoms with Crippen LogP contribution < -0.4 is 5.32 Å². The van der Waals surface area contributed by atoms with Gasteiger partial charge >= 0.3 is 0 Å². The van der Waals surface area contributed by atoms with Crippen LogP contribution in [-0.2, 0) is 4.79 Å². The van der Waals surface area contributed by atoms with Gasteiger partial charge in [-0.25, -0.2) is 14.6 Å². The van der Waals surface area contributed by atoms with Gasteiger partial charge in [-0.1, -0.05) is 50.1 Å². The van der Waals surface area contributed by atoms with Crippen molar-refractivity contribution in [2.45, 2.75) is 76.4 Å². The summed E-state index contributed by atoms with van der Waals surface area (Å²) in [5.74, 6) is 1.90. The molecule has 2 heterocycles. The zero-order valence-electron chi connectivity index (χ0n) is 16.4. The van der Waals surface area contributed by atoms with Gasteiger partial charge in [0.15, 0.2) is 22.1 Å². The molecule has 1 saturated carbocycles. The van der Waals surface area contributed by atoms with Gasteiger partial charge in [-0.3, -0.25) is 0 Å². The second-order valence-electron chi connectivity index (χ2n) is 7.26. The minimum absolute atomic E-state index is 0.126. The number of rotatable bonds is 11. The van der Waals surface area contributed by atoms with E-state index in [2.05, 4.69) is 29.5 Å². The zero-order chi connectivity index (χ0) is 19.1. The summed E-state index contributed by atoms with van der Waals surface area (Å²) in [7, 11) is 0. The summed E-state index contributed by atoms with van der Waals surface area (Å²) in [4.78, 5) is 20.6. The standard InChI is InChI=1S/C19H30N6OS/c1-3-5-6-7-10-20-17-16-18(22-19(21-17)27-11-4-2)25(24-23-16)15-9-8-14(12-15)13-26/h13-15H,3-12H2,1-2H3,(H,20,21,22)/t14-,15+/m1/s1. The minimum Gasteiger partial charge on any atom is -0.368 e. The molecule has 0 radical (unpaired) electrons. The van der Waals surface area contributed by atoms with E-state index >= 15 is 0 Å². The normalized spacial score (nSPS) is 19.6. The number of aromatic nitrogens is 5. The van der Waals surface area contributed by atoms with E-state index in [0.29, 0.717) is 0 Å². The van der Waals surface area contributed by atoms with Crippen LogP contribution in [0.3, 0.4) is 0 Å². The molecule has 0 unspecified atom stereocenters. The molecular weight excluding hydrogens is 360 g/mol. The van der Waals surface area contributed by atoms with Gasteiger partial charge in [0.1, 0.15) is 6.29 Å². The zero-order valence-corrected chi connectivity index (χ0v) is 17.2. The first-order valence-corrected chi connectivity index (χ1v) is 11.2. The first kappa shape index (κ1) is 20.0. The van der Waals surface area contributed by atoms with Crippen molar-refractivity contribution >= 4 is 35.0 Å². The van der Waals surface area contributed by atoms with Gasteiger partial charge in [0.2, 0.25) is 0 Å². The van der Waals surface area contributed by atoms with Crippen molar-refractivity contribution < 1.29 is 4.79 Å². The molecule has 148 valence electrons. The lowest BCUT2D eigenvalue weighted by Gasteiger charge is -2.11. The van der Waals surface area contributed by atoms with Crippen molar-refractivity contribution in [1.82, 2.24) is 25.0 Å². The van der Waals surface area contributed by atoms with Crippen molar-refractivity contribution in [2.24, 2.45) is 5.92 Å². The Hall–Kier alpha value is -1.70. The number of thioether (sulfide) groups is 1. The van der Waals surface area contributed by atoms with Crippen LogP contribution in [0.15, 0.2) is 5.16 Å². The smallest absolute Gasteiger partial charge is 0.191 e. The number of nitrogens with zero attached hydrogens (tertiary/aromatic N) is 5. The summed E-state index contributed by atoms with van der Waals surface area (Å²) in [6.45, 7) is 5.25. The topological polar surface area (TPSA) is 85.6 Å². The second kappa shape index (κ2) is 10.0. The van der Waals surface area contributed by atoms with Crippen molar-refractivity contribution in [3.8, 4) is 0 Å². The van der Waals surface area contributed by atoms with Crippen LogP contribution in [0.2, 0.25) is 0 Å².